The number of halogens is 1. The van der Waals surface area contributed by atoms with Gasteiger partial charge in [-0.05, 0) is 37.9 Å². The van der Waals surface area contributed by atoms with Crippen molar-refractivity contribution in [3.63, 3.8) is 0 Å². The number of nitrogens with one attached hydrogen (secondary N) is 2. The van der Waals surface area contributed by atoms with Crippen LogP contribution in [0.3, 0.4) is 0 Å². The summed E-state index contributed by atoms with van der Waals surface area (Å²) in [5.74, 6) is -0.0849. The fraction of sp³-hybridized carbons (Fsp3) is 0.333. The van der Waals surface area contributed by atoms with Gasteiger partial charge in [0.2, 0.25) is 0 Å². The van der Waals surface area contributed by atoms with Crippen LogP contribution in [0.1, 0.15) is 23.3 Å². The number of hydrogen-bond donors (Lipinski definition) is 3. The molecule has 1 saturated heterocycles. The smallest absolute Gasteiger partial charge is 0.268 e. The number of carbonyl (C=O) groups excluding carboxylic acids is 1. The average molecular weight is 369 g/mol. The number of carbonyl (C=O) groups is 1. The van der Waals surface area contributed by atoms with Gasteiger partial charge in [0.1, 0.15) is 5.69 Å². The quantitative estimate of drug-likeness (QED) is 0.628. The Morgan fingerprint density at radius 3 is 2.89 bits per heavy atom. The van der Waals surface area contributed by atoms with Gasteiger partial charge in [-0.3, -0.25) is 9.78 Å². The molecular formula is C18H20FN7O. The molecule has 3 aromatic rings. The number of piperidine rings is 1. The molecule has 0 aromatic carbocycles. The largest absolute Gasteiger partial charge is 0.367 e. The lowest BCUT2D eigenvalue weighted by atomic mass is 9.98. The Kier molecular flexibility index (Phi) is 4.68. The predicted octanol–water partition coefficient (Wildman–Crippen LogP) is 1.44. The number of nitrogens with two attached hydrogens (primary N) is 1. The lowest BCUT2D eigenvalue weighted by molar-refractivity contribution is 0.0996. The van der Waals surface area contributed by atoms with E-state index in [2.05, 4.69) is 25.6 Å². The van der Waals surface area contributed by atoms with E-state index in [9.17, 15) is 9.18 Å². The highest BCUT2D eigenvalue weighted by atomic mass is 19.1. The first-order chi connectivity index (χ1) is 13.1. The van der Waals surface area contributed by atoms with Crippen molar-refractivity contribution >= 4 is 17.4 Å². The molecule has 0 saturated carbocycles. The van der Waals surface area contributed by atoms with Crippen molar-refractivity contribution in [2.45, 2.75) is 12.8 Å². The third kappa shape index (κ3) is 3.59. The molecule has 0 atom stereocenters. The first kappa shape index (κ1) is 17.3. The summed E-state index contributed by atoms with van der Waals surface area (Å²) in [6.45, 7) is 2.71. The van der Waals surface area contributed by atoms with Gasteiger partial charge in [0.05, 0.1) is 11.9 Å². The van der Waals surface area contributed by atoms with Crippen molar-refractivity contribution in [3.05, 3.63) is 42.4 Å². The first-order valence-corrected chi connectivity index (χ1v) is 8.86. The fourth-order valence-electron chi connectivity index (χ4n) is 3.28. The van der Waals surface area contributed by atoms with Crippen LogP contribution in [0.5, 0.6) is 0 Å². The Morgan fingerprint density at radius 1 is 1.33 bits per heavy atom. The molecule has 27 heavy (non-hydrogen) atoms. The number of primary amides is 1. The molecule has 1 aliphatic rings. The van der Waals surface area contributed by atoms with Gasteiger partial charge in [-0.25, -0.2) is 14.4 Å². The molecule has 140 valence electrons. The second-order valence-corrected chi connectivity index (χ2v) is 6.63. The van der Waals surface area contributed by atoms with Crippen LogP contribution < -0.4 is 16.4 Å². The minimum Gasteiger partial charge on any atom is -0.367 e. The lowest BCUT2D eigenvalue weighted by Gasteiger charge is -2.23. The van der Waals surface area contributed by atoms with Gasteiger partial charge in [0.15, 0.2) is 17.3 Å². The van der Waals surface area contributed by atoms with Crippen LogP contribution in [-0.2, 0) is 0 Å². The Balaban J connectivity index is 1.74. The number of anilines is 1. The Labute approximate surface area is 155 Å². The summed E-state index contributed by atoms with van der Waals surface area (Å²) in [7, 11) is 0. The SMILES string of the molecule is NC(=O)c1cn2cc(-c3ccncc3F)nc(NCC3CCNCC3)c2n1. The lowest BCUT2D eigenvalue weighted by Crippen LogP contribution is -2.31. The van der Waals surface area contributed by atoms with Gasteiger partial charge >= 0.3 is 0 Å². The van der Waals surface area contributed by atoms with E-state index in [0.717, 1.165) is 38.7 Å². The van der Waals surface area contributed by atoms with Crippen molar-refractivity contribution in [3.8, 4) is 11.3 Å². The monoisotopic (exact) mass is 369 g/mol. The highest BCUT2D eigenvalue weighted by molar-refractivity contribution is 5.92. The fourth-order valence-corrected chi connectivity index (χ4v) is 3.28. The summed E-state index contributed by atoms with van der Waals surface area (Å²) in [5, 5.41) is 6.66. The Hall–Kier alpha value is -3.07. The van der Waals surface area contributed by atoms with E-state index in [-0.39, 0.29) is 5.69 Å². The molecule has 0 radical (unpaired) electrons. The number of rotatable bonds is 5. The molecule has 8 nitrogen and oxygen atoms in total. The van der Waals surface area contributed by atoms with Crippen LogP contribution in [0.15, 0.2) is 30.9 Å². The summed E-state index contributed by atoms with van der Waals surface area (Å²) in [6.07, 6.45) is 7.95. The van der Waals surface area contributed by atoms with Gasteiger partial charge < -0.3 is 20.8 Å². The van der Waals surface area contributed by atoms with E-state index in [4.69, 9.17) is 5.73 Å². The predicted molar refractivity (Wildman–Crippen MR) is 98.8 cm³/mol. The number of nitrogens with zero attached hydrogens (tertiary/aromatic N) is 4. The van der Waals surface area contributed by atoms with Gasteiger partial charge in [-0.1, -0.05) is 0 Å². The van der Waals surface area contributed by atoms with Crippen LogP contribution in [0.4, 0.5) is 10.2 Å². The molecule has 4 N–H and O–H groups in total. The van der Waals surface area contributed by atoms with Crippen molar-refractivity contribution < 1.29 is 9.18 Å². The summed E-state index contributed by atoms with van der Waals surface area (Å²) >= 11 is 0. The van der Waals surface area contributed by atoms with E-state index in [1.165, 1.54) is 12.4 Å². The molecule has 1 amide bonds. The maximum atomic E-state index is 14.2. The Bertz CT molecular complexity index is 981. The summed E-state index contributed by atoms with van der Waals surface area (Å²) < 4.78 is 15.8. The van der Waals surface area contributed by atoms with Crippen LogP contribution in [-0.4, -0.2) is 44.9 Å². The van der Waals surface area contributed by atoms with Gasteiger partial charge in [0.25, 0.3) is 5.91 Å². The topological polar surface area (TPSA) is 110 Å². The number of aromatic nitrogens is 4. The first-order valence-electron chi connectivity index (χ1n) is 8.86. The third-order valence-electron chi connectivity index (χ3n) is 4.76. The summed E-state index contributed by atoms with van der Waals surface area (Å²) in [5.41, 5.74) is 6.72. The van der Waals surface area contributed by atoms with Gasteiger partial charge in [0, 0.05) is 30.7 Å². The molecule has 9 heteroatoms. The minimum absolute atomic E-state index is 0.133. The van der Waals surface area contributed by atoms with Crippen LogP contribution >= 0.6 is 0 Å². The van der Waals surface area contributed by atoms with Crippen LogP contribution in [0.25, 0.3) is 16.9 Å². The van der Waals surface area contributed by atoms with Crippen molar-refractivity contribution in [1.29, 1.82) is 0 Å². The molecule has 0 bridgehead atoms. The molecule has 3 aromatic heterocycles. The van der Waals surface area contributed by atoms with E-state index in [1.807, 2.05) is 0 Å². The second-order valence-electron chi connectivity index (χ2n) is 6.63. The molecule has 0 spiro atoms. The van der Waals surface area contributed by atoms with Crippen LogP contribution in [0.2, 0.25) is 0 Å². The minimum atomic E-state index is -0.625. The molecule has 0 aliphatic carbocycles. The van der Waals surface area contributed by atoms with Crippen molar-refractivity contribution in [1.82, 2.24) is 24.7 Å². The van der Waals surface area contributed by atoms with E-state index in [1.54, 1.807) is 16.7 Å². The number of pyridine rings is 1. The highest BCUT2D eigenvalue weighted by Crippen LogP contribution is 2.25. The van der Waals surface area contributed by atoms with Gasteiger partial charge in [-0.15, -0.1) is 0 Å². The third-order valence-corrected chi connectivity index (χ3v) is 4.76. The highest BCUT2D eigenvalue weighted by Gasteiger charge is 2.18. The van der Waals surface area contributed by atoms with Crippen molar-refractivity contribution in [2.24, 2.45) is 11.7 Å². The molecule has 1 fully saturated rings. The van der Waals surface area contributed by atoms with Crippen molar-refractivity contribution in [2.75, 3.05) is 25.0 Å². The second kappa shape index (κ2) is 7.28. The number of fused-ring (bicyclic) bond motifs is 1. The number of amides is 1. The molecule has 4 heterocycles. The standard InChI is InChI=1S/C18H20FN7O/c19-13-8-22-6-3-12(13)14-9-26-10-15(16(20)27)25-18(26)17(24-14)23-7-11-1-4-21-5-2-11/h3,6,8-11,21H,1-2,4-5,7H2,(H2,20,27)(H,23,24). The normalized spacial score (nSPS) is 15.1. The average Bonchev–Trinajstić information content (AvgIpc) is 3.12. The number of imidazole rings is 1. The molecule has 4 rings (SSSR count). The zero-order valence-electron chi connectivity index (χ0n) is 14.7. The molecule has 0 unspecified atom stereocenters. The zero-order chi connectivity index (χ0) is 18.8. The maximum Gasteiger partial charge on any atom is 0.268 e. The molecule has 1 aliphatic heterocycles. The molecular weight excluding hydrogens is 349 g/mol. The number of hydrogen-bond acceptors (Lipinski definition) is 6. The van der Waals surface area contributed by atoms with E-state index >= 15 is 0 Å². The van der Waals surface area contributed by atoms with Gasteiger partial charge in [-0.2, -0.15) is 0 Å². The maximum absolute atomic E-state index is 14.2. The van der Waals surface area contributed by atoms with E-state index in [0.29, 0.717) is 28.6 Å². The Morgan fingerprint density at radius 2 is 2.15 bits per heavy atom. The summed E-state index contributed by atoms with van der Waals surface area (Å²) in [4.78, 5) is 24.1. The van der Waals surface area contributed by atoms with Crippen LogP contribution in [0, 0.1) is 11.7 Å². The van der Waals surface area contributed by atoms with E-state index < -0.39 is 11.7 Å². The zero-order valence-corrected chi connectivity index (χ0v) is 14.7. The summed E-state index contributed by atoms with van der Waals surface area (Å²) in [6, 6.07) is 1.56.